The molecule has 0 fully saturated rings. The zero-order valence-corrected chi connectivity index (χ0v) is 11.4. The first kappa shape index (κ1) is 12.4. The number of benzene rings is 1. The number of halogens is 1. The van der Waals surface area contributed by atoms with Gasteiger partial charge in [-0.2, -0.15) is 5.26 Å². The minimum Gasteiger partial charge on any atom is -0.493 e. The lowest BCUT2D eigenvalue weighted by Gasteiger charge is -2.12. The van der Waals surface area contributed by atoms with Gasteiger partial charge in [0.05, 0.1) is 18.7 Å². The molecule has 0 amide bonds. The van der Waals surface area contributed by atoms with Gasteiger partial charge in [-0.3, -0.25) is 5.32 Å². The third-order valence-corrected chi connectivity index (χ3v) is 3.39. The number of nitrogens with one attached hydrogen (secondary N) is 1. The molecule has 0 saturated heterocycles. The van der Waals surface area contributed by atoms with Crippen molar-refractivity contribution < 1.29 is 4.74 Å². The Labute approximate surface area is 110 Å². The second-order valence-electron chi connectivity index (χ2n) is 4.12. The summed E-state index contributed by atoms with van der Waals surface area (Å²) in [5, 5.41) is 12.1. The maximum atomic E-state index is 8.90. The number of hydrogen-bond acceptors (Lipinski definition) is 3. The molecule has 3 nitrogen and oxygen atoms in total. The summed E-state index contributed by atoms with van der Waals surface area (Å²) in [5.41, 5.74) is 2.38. The van der Waals surface area contributed by atoms with E-state index < -0.39 is 0 Å². The average molecular weight is 295 g/mol. The van der Waals surface area contributed by atoms with E-state index in [0.717, 1.165) is 35.2 Å². The lowest BCUT2D eigenvalue weighted by molar-refractivity contribution is 0.352. The van der Waals surface area contributed by atoms with Crippen LogP contribution in [0.3, 0.4) is 0 Å². The summed E-state index contributed by atoms with van der Waals surface area (Å²) >= 11 is 3.51. The predicted molar refractivity (Wildman–Crippen MR) is 69.9 cm³/mol. The molecule has 1 aromatic rings. The highest BCUT2D eigenvalue weighted by Gasteiger charge is 2.17. The molecule has 2 rings (SSSR count). The van der Waals surface area contributed by atoms with Crippen LogP contribution < -0.4 is 10.1 Å². The van der Waals surface area contributed by atoms with Gasteiger partial charge in [0.2, 0.25) is 0 Å². The Hall–Kier alpha value is -1.05. The van der Waals surface area contributed by atoms with Gasteiger partial charge in [0.25, 0.3) is 0 Å². The van der Waals surface area contributed by atoms with E-state index in [1.165, 1.54) is 5.56 Å². The molecule has 1 N–H and O–H groups in total. The molecule has 0 aliphatic carbocycles. The summed E-state index contributed by atoms with van der Waals surface area (Å²) in [7, 11) is 0. The number of rotatable bonds is 4. The van der Waals surface area contributed by atoms with E-state index in [9.17, 15) is 0 Å². The van der Waals surface area contributed by atoms with Crippen molar-refractivity contribution in [3.8, 4) is 11.8 Å². The number of hydrogen-bond donors (Lipinski definition) is 1. The molecule has 0 aromatic heterocycles. The van der Waals surface area contributed by atoms with E-state index in [0.29, 0.717) is 6.54 Å². The molecule has 1 aliphatic rings. The highest BCUT2D eigenvalue weighted by atomic mass is 79.9. The number of ether oxygens (including phenoxy) is 1. The van der Waals surface area contributed by atoms with Gasteiger partial charge in [0.15, 0.2) is 0 Å². The second kappa shape index (κ2) is 5.52. The quantitative estimate of drug-likeness (QED) is 0.929. The number of fused-ring (bicyclic) bond motifs is 1. The molecule has 0 bridgehead atoms. The number of nitrogens with zero attached hydrogens (tertiary/aromatic N) is 1. The monoisotopic (exact) mass is 294 g/mol. The summed E-state index contributed by atoms with van der Waals surface area (Å²) in [6, 6.07) is 6.31. The highest BCUT2D eigenvalue weighted by molar-refractivity contribution is 9.10. The van der Waals surface area contributed by atoms with Crippen LogP contribution in [0.4, 0.5) is 0 Å². The zero-order chi connectivity index (χ0) is 12.3. The van der Waals surface area contributed by atoms with Gasteiger partial charge in [-0.05, 0) is 24.1 Å². The molecule has 1 aliphatic heterocycles. The van der Waals surface area contributed by atoms with Crippen molar-refractivity contribution in [3.05, 3.63) is 27.7 Å². The molecular weight excluding hydrogens is 280 g/mol. The Balaban J connectivity index is 2.14. The van der Waals surface area contributed by atoms with Crippen LogP contribution in [0.2, 0.25) is 0 Å². The lowest BCUT2D eigenvalue weighted by Crippen LogP contribution is -2.26. The minimum absolute atomic E-state index is 0.0916. The van der Waals surface area contributed by atoms with Crippen LogP contribution in [-0.4, -0.2) is 12.6 Å². The maximum Gasteiger partial charge on any atom is 0.127 e. The van der Waals surface area contributed by atoms with Crippen molar-refractivity contribution in [1.82, 2.24) is 5.32 Å². The summed E-state index contributed by atoms with van der Waals surface area (Å²) in [5.74, 6) is 0.994. The summed E-state index contributed by atoms with van der Waals surface area (Å²) in [6.45, 7) is 3.44. The van der Waals surface area contributed by atoms with Crippen molar-refractivity contribution in [2.75, 3.05) is 6.61 Å². The van der Waals surface area contributed by atoms with Gasteiger partial charge in [0, 0.05) is 23.0 Å². The van der Waals surface area contributed by atoms with E-state index in [4.69, 9.17) is 10.00 Å². The van der Waals surface area contributed by atoms with Gasteiger partial charge < -0.3 is 4.74 Å². The second-order valence-corrected chi connectivity index (χ2v) is 5.04. The van der Waals surface area contributed by atoms with Crippen LogP contribution in [0.1, 0.15) is 24.5 Å². The average Bonchev–Trinajstić information content (AvgIpc) is 2.78. The van der Waals surface area contributed by atoms with Crippen LogP contribution in [0.5, 0.6) is 5.75 Å². The maximum absolute atomic E-state index is 8.90. The molecule has 90 valence electrons. The Morgan fingerprint density at radius 3 is 3.12 bits per heavy atom. The van der Waals surface area contributed by atoms with E-state index in [2.05, 4.69) is 39.4 Å². The topological polar surface area (TPSA) is 45.0 Å². The smallest absolute Gasteiger partial charge is 0.127 e. The molecular formula is C13H15BrN2O. The van der Waals surface area contributed by atoms with Crippen molar-refractivity contribution in [3.63, 3.8) is 0 Å². The molecule has 0 spiro atoms. The third kappa shape index (κ3) is 2.80. The van der Waals surface area contributed by atoms with E-state index in [1.807, 2.05) is 6.92 Å². The van der Waals surface area contributed by atoms with Crippen LogP contribution in [-0.2, 0) is 13.0 Å². The Morgan fingerprint density at radius 2 is 2.41 bits per heavy atom. The van der Waals surface area contributed by atoms with Gasteiger partial charge in [0.1, 0.15) is 5.75 Å². The minimum atomic E-state index is -0.0916. The molecule has 0 radical (unpaired) electrons. The largest absolute Gasteiger partial charge is 0.493 e. The Morgan fingerprint density at radius 1 is 1.59 bits per heavy atom. The fraction of sp³-hybridized carbons (Fsp3) is 0.462. The standard InChI is InChI=1S/C13H15BrN2O/c1-2-12(7-15)16-8-10-6-11(14)5-9-3-4-17-13(9)10/h5-6,12,16H,2-4,8H2,1H3. The fourth-order valence-electron chi connectivity index (χ4n) is 1.99. The van der Waals surface area contributed by atoms with Gasteiger partial charge >= 0.3 is 0 Å². The zero-order valence-electron chi connectivity index (χ0n) is 9.79. The van der Waals surface area contributed by atoms with E-state index in [1.54, 1.807) is 0 Å². The van der Waals surface area contributed by atoms with Crippen molar-refractivity contribution >= 4 is 15.9 Å². The van der Waals surface area contributed by atoms with Crippen LogP contribution in [0.25, 0.3) is 0 Å². The van der Waals surface area contributed by atoms with Crippen LogP contribution in [0.15, 0.2) is 16.6 Å². The molecule has 1 aromatic carbocycles. The van der Waals surface area contributed by atoms with Crippen LogP contribution >= 0.6 is 15.9 Å². The third-order valence-electron chi connectivity index (χ3n) is 2.93. The fourth-order valence-corrected chi connectivity index (χ4v) is 2.54. The Kier molecular flexibility index (Phi) is 4.03. The van der Waals surface area contributed by atoms with Crippen molar-refractivity contribution in [2.24, 2.45) is 0 Å². The van der Waals surface area contributed by atoms with E-state index >= 15 is 0 Å². The molecule has 1 heterocycles. The summed E-state index contributed by atoms with van der Waals surface area (Å²) in [6.07, 6.45) is 1.78. The summed E-state index contributed by atoms with van der Waals surface area (Å²) < 4.78 is 6.71. The van der Waals surface area contributed by atoms with Gasteiger partial charge in [-0.1, -0.05) is 22.9 Å². The molecule has 17 heavy (non-hydrogen) atoms. The molecule has 1 atom stereocenters. The first-order valence-electron chi connectivity index (χ1n) is 5.81. The molecule has 4 heteroatoms. The van der Waals surface area contributed by atoms with E-state index in [-0.39, 0.29) is 6.04 Å². The number of nitriles is 1. The normalized spacial score (nSPS) is 14.9. The Bertz CT molecular complexity index is 453. The van der Waals surface area contributed by atoms with Crippen LogP contribution in [0, 0.1) is 11.3 Å². The lowest BCUT2D eigenvalue weighted by atomic mass is 10.1. The van der Waals surface area contributed by atoms with Gasteiger partial charge in [-0.25, -0.2) is 0 Å². The first-order valence-corrected chi connectivity index (χ1v) is 6.61. The van der Waals surface area contributed by atoms with Crippen molar-refractivity contribution in [1.29, 1.82) is 5.26 Å². The SMILES string of the molecule is CCC(C#N)NCc1cc(Br)cc2c1OCC2. The first-order chi connectivity index (χ1) is 8.24. The van der Waals surface area contributed by atoms with Gasteiger partial charge in [-0.15, -0.1) is 0 Å². The highest BCUT2D eigenvalue weighted by Crippen LogP contribution is 2.32. The molecule has 1 unspecified atom stereocenters. The predicted octanol–water partition coefficient (Wildman–Crippen LogP) is 2.78. The summed E-state index contributed by atoms with van der Waals surface area (Å²) in [4.78, 5) is 0. The van der Waals surface area contributed by atoms with Crippen molar-refractivity contribution in [2.45, 2.75) is 32.4 Å². The molecule has 0 saturated carbocycles.